The Bertz CT molecular complexity index is 911. The summed E-state index contributed by atoms with van der Waals surface area (Å²) in [5.41, 5.74) is 5.33. The molecule has 0 aromatic heterocycles. The first-order chi connectivity index (χ1) is 17.0. The van der Waals surface area contributed by atoms with Crippen molar-refractivity contribution in [1.29, 1.82) is 0 Å². The molecule has 0 spiro atoms. The first kappa shape index (κ1) is 32.0. The fourth-order valence-corrected chi connectivity index (χ4v) is 3.01. The van der Waals surface area contributed by atoms with Gasteiger partial charge in [-0.05, 0) is 43.5 Å². The summed E-state index contributed by atoms with van der Waals surface area (Å²) in [4.78, 5) is 14.0. The van der Waals surface area contributed by atoms with Gasteiger partial charge in [-0.1, -0.05) is 76.9 Å². The van der Waals surface area contributed by atoms with Gasteiger partial charge >= 0.3 is 0 Å². The minimum atomic E-state index is 0.472. The van der Waals surface area contributed by atoms with Crippen molar-refractivity contribution in [1.82, 2.24) is 5.01 Å². The highest BCUT2D eigenvalue weighted by atomic mass is 16.5. The molecule has 0 amide bonds. The summed E-state index contributed by atoms with van der Waals surface area (Å²) in [5, 5.41) is 1.73. The number of aldehydes is 1. The smallest absolute Gasteiger partial charge is 0.136 e. The zero-order chi connectivity index (χ0) is 26.5. The third-order valence-corrected chi connectivity index (χ3v) is 4.77. The Hall–Kier alpha value is -3.02. The van der Waals surface area contributed by atoms with Gasteiger partial charge in [-0.2, -0.15) is 0 Å². The van der Waals surface area contributed by atoms with E-state index in [0.29, 0.717) is 6.42 Å². The van der Waals surface area contributed by atoms with E-state index in [4.69, 9.17) is 15.6 Å². The Morgan fingerprint density at radius 1 is 1.09 bits per heavy atom. The fraction of sp³-hybridized carbons (Fsp3) is 0.400. The Kier molecular flexibility index (Phi) is 18.6. The Balaban J connectivity index is 0.000000642. The van der Waals surface area contributed by atoms with E-state index in [2.05, 4.69) is 50.8 Å². The van der Waals surface area contributed by atoms with Crippen LogP contribution in [0.15, 0.2) is 78.1 Å². The van der Waals surface area contributed by atoms with Gasteiger partial charge in [0.15, 0.2) is 0 Å². The molecule has 1 heterocycles. The highest BCUT2D eigenvalue weighted by molar-refractivity contribution is 6.15. The van der Waals surface area contributed by atoms with Crippen LogP contribution in [-0.2, 0) is 11.2 Å². The van der Waals surface area contributed by atoms with Crippen LogP contribution < -0.4 is 10.6 Å². The third kappa shape index (κ3) is 13.5. The van der Waals surface area contributed by atoms with E-state index in [-0.39, 0.29) is 0 Å². The number of rotatable bonds is 8. The number of para-hydroxylation sites is 1. The van der Waals surface area contributed by atoms with E-state index >= 15 is 0 Å². The van der Waals surface area contributed by atoms with Gasteiger partial charge in [0.25, 0.3) is 0 Å². The van der Waals surface area contributed by atoms with Crippen molar-refractivity contribution < 1.29 is 9.53 Å². The molecular weight excluding hydrogens is 434 g/mol. The van der Waals surface area contributed by atoms with Gasteiger partial charge in [0.1, 0.15) is 18.3 Å². The van der Waals surface area contributed by atoms with E-state index in [1.165, 1.54) is 24.8 Å². The second-order valence-electron chi connectivity index (χ2n) is 7.77. The lowest BCUT2D eigenvalue weighted by Gasteiger charge is -2.10. The molecule has 0 bridgehead atoms. The summed E-state index contributed by atoms with van der Waals surface area (Å²) >= 11 is 0. The lowest BCUT2D eigenvalue weighted by atomic mass is 9.99. The summed E-state index contributed by atoms with van der Waals surface area (Å²) < 4.78 is 5.69. The number of aliphatic imine (C=N–C) groups is 1. The van der Waals surface area contributed by atoms with Crippen molar-refractivity contribution in [3.63, 3.8) is 0 Å². The van der Waals surface area contributed by atoms with Crippen LogP contribution in [0.4, 0.5) is 0 Å². The van der Waals surface area contributed by atoms with Gasteiger partial charge in [-0.15, -0.1) is 6.58 Å². The molecular formula is C30H45N3O2. The lowest BCUT2D eigenvalue weighted by molar-refractivity contribution is -0.107. The molecule has 5 heteroatoms. The number of nitrogens with zero attached hydrogens (tertiary/aromatic N) is 2. The molecule has 0 radical (unpaired) electrons. The van der Waals surface area contributed by atoms with Crippen molar-refractivity contribution in [2.24, 2.45) is 10.8 Å². The van der Waals surface area contributed by atoms with E-state index in [9.17, 15) is 4.79 Å². The van der Waals surface area contributed by atoms with E-state index < -0.39 is 0 Å². The second-order valence-corrected chi connectivity index (χ2v) is 7.77. The topological polar surface area (TPSA) is 67.9 Å². The van der Waals surface area contributed by atoms with Crippen LogP contribution >= 0.6 is 0 Å². The molecule has 0 fully saturated rings. The largest absolute Gasteiger partial charge is 0.462 e. The SMILES string of the molecule is C=CCC=O.CC.CCCCCN(C)N.CCc1cccc(C2=NC(C)=COc3ccccc32)c1. The maximum absolute atomic E-state index is 9.33. The van der Waals surface area contributed by atoms with Crippen molar-refractivity contribution in [3.8, 4) is 5.75 Å². The number of hydrazine groups is 1. The minimum Gasteiger partial charge on any atom is -0.462 e. The van der Waals surface area contributed by atoms with Crippen LogP contribution in [0.3, 0.4) is 0 Å². The number of carbonyl (C=O) groups excluding carboxylic acids is 1. The number of benzene rings is 2. The number of hydrogen-bond donors (Lipinski definition) is 1. The van der Waals surface area contributed by atoms with Crippen molar-refractivity contribution in [3.05, 3.63) is 89.8 Å². The van der Waals surface area contributed by atoms with Crippen molar-refractivity contribution >= 4 is 12.0 Å². The first-order valence-corrected chi connectivity index (χ1v) is 12.6. The summed E-state index contributed by atoms with van der Waals surface area (Å²) in [6.07, 6.45) is 9.36. The standard InChI is InChI=1S/C18H17NO.C6H16N2.C4H6O.C2H6/c1-3-14-7-6-8-15(11-14)18-16-9-4-5-10-17(16)20-12-13(2)19-18;1-3-4-5-6-8(2)7;1-2-3-4-5;1-2/h4-12H,3H2,1-2H3;3-7H2,1-2H3;2,4H,1,3H2;1-2H3. The Morgan fingerprint density at radius 3 is 2.37 bits per heavy atom. The molecule has 0 saturated heterocycles. The van der Waals surface area contributed by atoms with Gasteiger partial charge in [0.05, 0.1) is 11.4 Å². The Labute approximate surface area is 213 Å². The molecule has 3 rings (SSSR count). The zero-order valence-corrected chi connectivity index (χ0v) is 22.6. The number of fused-ring (bicyclic) bond motifs is 1. The molecule has 2 aromatic rings. The van der Waals surface area contributed by atoms with E-state index in [0.717, 1.165) is 47.5 Å². The van der Waals surface area contributed by atoms with E-state index in [1.54, 1.807) is 17.3 Å². The minimum absolute atomic E-state index is 0.472. The van der Waals surface area contributed by atoms with Crippen LogP contribution in [0.1, 0.15) is 77.0 Å². The van der Waals surface area contributed by atoms with Crippen molar-refractivity contribution in [2.45, 2.75) is 66.7 Å². The molecule has 0 atom stereocenters. The fourth-order valence-electron chi connectivity index (χ4n) is 3.01. The number of nitrogens with two attached hydrogens (primary N) is 1. The molecule has 0 unspecified atom stereocenters. The summed E-state index contributed by atoms with van der Waals surface area (Å²) in [6, 6.07) is 16.6. The van der Waals surface area contributed by atoms with Crippen LogP contribution in [0, 0.1) is 0 Å². The predicted molar refractivity (Wildman–Crippen MR) is 151 cm³/mol. The van der Waals surface area contributed by atoms with Gasteiger partial charge in [0, 0.05) is 31.1 Å². The maximum atomic E-state index is 9.33. The number of ether oxygens (including phenoxy) is 1. The molecule has 2 aromatic carbocycles. The molecule has 5 nitrogen and oxygen atoms in total. The highest BCUT2D eigenvalue weighted by Crippen LogP contribution is 2.26. The number of allylic oxidation sites excluding steroid dienone is 2. The molecule has 0 aliphatic carbocycles. The summed E-state index contributed by atoms with van der Waals surface area (Å²) in [6.45, 7) is 14.6. The first-order valence-electron chi connectivity index (χ1n) is 12.6. The lowest BCUT2D eigenvalue weighted by Crippen LogP contribution is -2.26. The molecule has 0 saturated carbocycles. The molecule has 35 heavy (non-hydrogen) atoms. The monoisotopic (exact) mass is 479 g/mol. The van der Waals surface area contributed by atoms with Crippen LogP contribution in [0.5, 0.6) is 5.75 Å². The van der Waals surface area contributed by atoms with Crippen LogP contribution in [0.2, 0.25) is 0 Å². The average molecular weight is 480 g/mol. The number of hydrogen-bond acceptors (Lipinski definition) is 5. The molecule has 1 aliphatic rings. The molecule has 2 N–H and O–H groups in total. The quantitative estimate of drug-likeness (QED) is 0.144. The molecule has 1 aliphatic heterocycles. The van der Waals surface area contributed by atoms with Crippen molar-refractivity contribution in [2.75, 3.05) is 13.6 Å². The number of carbonyl (C=O) groups is 1. The van der Waals surface area contributed by atoms with E-state index in [1.807, 2.05) is 46.0 Å². The van der Waals surface area contributed by atoms with Gasteiger partial charge in [-0.3, -0.25) is 10.9 Å². The molecule has 192 valence electrons. The van der Waals surface area contributed by atoms with Gasteiger partial charge in [0.2, 0.25) is 0 Å². The predicted octanol–water partition coefficient (Wildman–Crippen LogP) is 7.11. The Morgan fingerprint density at radius 2 is 1.80 bits per heavy atom. The average Bonchev–Trinajstić information content (AvgIpc) is 3.05. The zero-order valence-electron chi connectivity index (χ0n) is 22.6. The number of aryl methyl sites for hydroxylation is 1. The third-order valence-electron chi connectivity index (χ3n) is 4.77. The van der Waals surface area contributed by atoms with Gasteiger partial charge < -0.3 is 9.53 Å². The summed E-state index contributed by atoms with van der Waals surface area (Å²) in [5.74, 6) is 6.22. The number of unbranched alkanes of at least 4 members (excludes halogenated alkanes) is 2. The normalized spacial score (nSPS) is 11.3. The van der Waals surface area contributed by atoms with Crippen LogP contribution in [0.25, 0.3) is 0 Å². The summed E-state index contributed by atoms with van der Waals surface area (Å²) in [7, 11) is 1.90. The van der Waals surface area contributed by atoms with Gasteiger partial charge in [-0.25, -0.2) is 4.99 Å². The van der Waals surface area contributed by atoms with Crippen LogP contribution in [-0.4, -0.2) is 30.6 Å². The maximum Gasteiger partial charge on any atom is 0.136 e. The second kappa shape index (κ2) is 20.4. The highest BCUT2D eigenvalue weighted by Gasteiger charge is 2.15.